The Kier molecular flexibility index (Phi) is 4.61. The largest absolute Gasteiger partial charge is 0.293 e. The highest BCUT2D eigenvalue weighted by atomic mass is 16.1. The summed E-state index contributed by atoms with van der Waals surface area (Å²) in [6.07, 6.45) is 6.25. The lowest BCUT2D eigenvalue weighted by atomic mass is 9.45. The molecule has 0 saturated heterocycles. The molecule has 0 N–H and O–H groups in total. The Bertz CT molecular complexity index is 1240. The number of nitrogens with zero attached hydrogens (tertiary/aromatic N) is 2. The van der Waals surface area contributed by atoms with Gasteiger partial charge in [-0.1, -0.05) is 56.9 Å². The van der Waals surface area contributed by atoms with Gasteiger partial charge in [0, 0.05) is 16.4 Å². The molecule has 0 bridgehead atoms. The van der Waals surface area contributed by atoms with Gasteiger partial charge in [0.1, 0.15) is 12.1 Å². The number of nitriles is 2. The first-order chi connectivity index (χ1) is 14.7. The van der Waals surface area contributed by atoms with Crippen molar-refractivity contribution in [3.8, 4) is 24.0 Å². The third-order valence-corrected chi connectivity index (χ3v) is 7.13. The zero-order valence-corrected chi connectivity index (χ0v) is 17.8. The molecule has 152 valence electrons. The van der Waals surface area contributed by atoms with Gasteiger partial charge in [0.2, 0.25) is 0 Å². The topological polar surface area (TPSA) is 81.7 Å². The van der Waals surface area contributed by atoms with Crippen LogP contribution in [0.4, 0.5) is 0 Å². The fourth-order valence-corrected chi connectivity index (χ4v) is 5.64. The number of carbonyl (C=O) groups excluding carboxylic acids is 2. The molecule has 4 rings (SSSR count). The van der Waals surface area contributed by atoms with Crippen molar-refractivity contribution in [2.45, 2.75) is 33.6 Å². The third-order valence-electron chi connectivity index (χ3n) is 7.13. The van der Waals surface area contributed by atoms with Crippen molar-refractivity contribution in [3.63, 3.8) is 0 Å². The number of fused-ring (bicyclic) bond motifs is 3. The van der Waals surface area contributed by atoms with E-state index < -0.39 is 16.2 Å². The molecule has 0 aromatic heterocycles. The Balaban J connectivity index is 1.96. The Morgan fingerprint density at radius 2 is 1.65 bits per heavy atom. The molecular weight excluding hydrogens is 384 g/mol. The van der Waals surface area contributed by atoms with Crippen molar-refractivity contribution >= 4 is 11.6 Å². The molecule has 0 amide bonds. The van der Waals surface area contributed by atoms with Crippen LogP contribution in [0.5, 0.6) is 0 Å². The molecule has 0 spiro atoms. The maximum atomic E-state index is 12.9. The highest BCUT2D eigenvalue weighted by molar-refractivity contribution is 6.09. The summed E-state index contributed by atoms with van der Waals surface area (Å²) in [6, 6.07) is 13.7. The van der Waals surface area contributed by atoms with Crippen molar-refractivity contribution in [1.82, 2.24) is 0 Å². The van der Waals surface area contributed by atoms with Crippen LogP contribution in [0.25, 0.3) is 0 Å². The van der Waals surface area contributed by atoms with E-state index in [2.05, 4.69) is 17.9 Å². The summed E-state index contributed by atoms with van der Waals surface area (Å²) in [5.74, 6) is 6.01. The van der Waals surface area contributed by atoms with E-state index in [4.69, 9.17) is 0 Å². The van der Waals surface area contributed by atoms with Crippen molar-refractivity contribution in [2.24, 2.45) is 22.2 Å². The second-order valence-corrected chi connectivity index (χ2v) is 9.27. The summed E-state index contributed by atoms with van der Waals surface area (Å²) < 4.78 is 0. The molecule has 31 heavy (non-hydrogen) atoms. The van der Waals surface area contributed by atoms with Crippen LogP contribution in [0.2, 0.25) is 0 Å². The molecule has 0 radical (unpaired) electrons. The average molecular weight is 406 g/mol. The molecule has 0 unspecified atom stereocenters. The highest BCUT2D eigenvalue weighted by Crippen LogP contribution is 2.63. The summed E-state index contributed by atoms with van der Waals surface area (Å²) in [6.45, 7) is 5.76. The second-order valence-electron chi connectivity index (χ2n) is 9.27. The molecule has 3 aliphatic rings. The highest BCUT2D eigenvalue weighted by Gasteiger charge is 2.59. The Morgan fingerprint density at radius 3 is 2.29 bits per heavy atom. The van der Waals surface area contributed by atoms with Crippen molar-refractivity contribution in [2.75, 3.05) is 0 Å². The van der Waals surface area contributed by atoms with Gasteiger partial charge in [0.05, 0.1) is 16.6 Å². The normalized spacial score (nSPS) is 30.7. The van der Waals surface area contributed by atoms with E-state index in [-0.39, 0.29) is 28.6 Å². The summed E-state index contributed by atoms with van der Waals surface area (Å²) in [7, 11) is 0. The van der Waals surface area contributed by atoms with Gasteiger partial charge >= 0.3 is 0 Å². The summed E-state index contributed by atoms with van der Waals surface area (Å²) >= 11 is 0. The van der Waals surface area contributed by atoms with E-state index in [0.717, 1.165) is 11.1 Å². The molecule has 3 atom stereocenters. The minimum absolute atomic E-state index is 0.0765. The SMILES string of the molecule is CC1(C)C(=O)C(C#N)=C[C@]2(C)C3=CC(=O)C(C#N)=C[C@]3(C#Cc3ccccc3)CC[C@@H]12. The lowest BCUT2D eigenvalue weighted by molar-refractivity contribution is -0.130. The smallest absolute Gasteiger partial charge is 0.196 e. The molecule has 1 aromatic carbocycles. The third kappa shape index (κ3) is 2.98. The van der Waals surface area contributed by atoms with Crippen LogP contribution < -0.4 is 0 Å². The first-order valence-corrected chi connectivity index (χ1v) is 10.3. The minimum Gasteiger partial charge on any atom is -0.293 e. The molecule has 3 aliphatic carbocycles. The average Bonchev–Trinajstić information content (AvgIpc) is 2.76. The number of ketones is 2. The van der Waals surface area contributed by atoms with E-state index in [1.165, 1.54) is 6.08 Å². The number of benzene rings is 1. The van der Waals surface area contributed by atoms with Gasteiger partial charge in [-0.2, -0.15) is 10.5 Å². The van der Waals surface area contributed by atoms with Crippen molar-refractivity contribution < 1.29 is 9.59 Å². The van der Waals surface area contributed by atoms with Crippen LogP contribution in [0, 0.1) is 56.7 Å². The minimum atomic E-state index is -0.798. The number of Topliss-reactive ketones (excluding diaryl/α,β-unsaturated/α-hetero) is 1. The van der Waals surface area contributed by atoms with Gasteiger partial charge in [-0.05, 0) is 48.6 Å². The molecule has 1 aromatic rings. The van der Waals surface area contributed by atoms with Gasteiger partial charge in [0.15, 0.2) is 11.6 Å². The Labute approximate surface area is 182 Å². The number of hydrogen-bond donors (Lipinski definition) is 0. The van der Waals surface area contributed by atoms with Crippen LogP contribution in [0.3, 0.4) is 0 Å². The van der Waals surface area contributed by atoms with Crippen molar-refractivity contribution in [3.05, 3.63) is 70.8 Å². The summed E-state index contributed by atoms with van der Waals surface area (Å²) in [4.78, 5) is 25.7. The van der Waals surface area contributed by atoms with Crippen LogP contribution in [-0.4, -0.2) is 11.6 Å². The standard InChI is InChI=1S/C27H22N2O2/c1-25(2)22-10-12-27(11-9-18-7-5-4-6-8-18)15-19(16-28)21(30)13-23(27)26(22,3)14-20(17-29)24(25)31/h4-8,13-15,22H,10,12H2,1-3H3/t22-,26-,27-/m0/s1. The van der Waals surface area contributed by atoms with E-state index in [9.17, 15) is 20.1 Å². The monoisotopic (exact) mass is 406 g/mol. The number of carbonyl (C=O) groups is 2. The molecule has 4 heteroatoms. The predicted octanol–water partition coefficient (Wildman–Crippen LogP) is 4.46. The van der Waals surface area contributed by atoms with Gasteiger partial charge in [-0.25, -0.2) is 0 Å². The molecule has 1 fully saturated rings. The van der Waals surface area contributed by atoms with E-state index in [1.54, 1.807) is 12.2 Å². The molecular formula is C27H22N2O2. The zero-order chi connectivity index (χ0) is 22.4. The maximum Gasteiger partial charge on any atom is 0.196 e. The van der Waals surface area contributed by atoms with Crippen LogP contribution in [0.15, 0.2) is 65.3 Å². The second kappa shape index (κ2) is 6.94. The molecule has 0 aliphatic heterocycles. The van der Waals surface area contributed by atoms with Gasteiger partial charge < -0.3 is 0 Å². The number of allylic oxidation sites excluding steroid dienone is 6. The van der Waals surface area contributed by atoms with E-state index >= 15 is 0 Å². The number of hydrogen-bond acceptors (Lipinski definition) is 4. The predicted molar refractivity (Wildman–Crippen MR) is 116 cm³/mol. The molecule has 1 saturated carbocycles. The van der Waals surface area contributed by atoms with Crippen molar-refractivity contribution in [1.29, 1.82) is 10.5 Å². The van der Waals surface area contributed by atoms with Gasteiger partial charge in [0.25, 0.3) is 0 Å². The van der Waals surface area contributed by atoms with Gasteiger partial charge in [-0.15, -0.1) is 0 Å². The lowest BCUT2D eigenvalue weighted by Gasteiger charge is -2.56. The number of rotatable bonds is 0. The van der Waals surface area contributed by atoms with E-state index in [1.807, 2.05) is 57.2 Å². The zero-order valence-electron chi connectivity index (χ0n) is 17.8. The summed E-state index contributed by atoms with van der Waals surface area (Å²) in [5, 5.41) is 19.2. The lowest BCUT2D eigenvalue weighted by Crippen LogP contribution is -2.53. The Hall–Kier alpha value is -3.68. The quantitative estimate of drug-likeness (QED) is 0.596. The first kappa shape index (κ1) is 20.6. The fraction of sp³-hybridized carbons (Fsp3) is 0.333. The first-order valence-electron chi connectivity index (χ1n) is 10.3. The Morgan fingerprint density at radius 1 is 0.968 bits per heavy atom. The van der Waals surface area contributed by atoms with E-state index in [0.29, 0.717) is 12.8 Å². The van der Waals surface area contributed by atoms with Crippen LogP contribution in [-0.2, 0) is 9.59 Å². The van der Waals surface area contributed by atoms with Crippen LogP contribution in [0.1, 0.15) is 39.2 Å². The molecule has 4 nitrogen and oxygen atoms in total. The molecule has 0 heterocycles. The van der Waals surface area contributed by atoms with Crippen LogP contribution >= 0.6 is 0 Å². The fourth-order valence-electron chi connectivity index (χ4n) is 5.64. The maximum absolute atomic E-state index is 12.9. The van der Waals surface area contributed by atoms with Gasteiger partial charge in [-0.3, -0.25) is 9.59 Å². The summed E-state index contributed by atoms with van der Waals surface area (Å²) in [5.41, 5.74) is -0.400.